The molecule has 1 rings (SSSR count). The summed E-state index contributed by atoms with van der Waals surface area (Å²) in [6, 6.07) is 0. The molecule has 1 aromatic heterocycles. The molecule has 1 heterocycles. The molecule has 3 heteroatoms. The summed E-state index contributed by atoms with van der Waals surface area (Å²) in [5, 5.41) is 3.47. The molecular formula is C12H21N3. The molecule has 0 atom stereocenters. The third kappa shape index (κ3) is 3.96. The highest BCUT2D eigenvalue weighted by Gasteiger charge is 2.09. The van der Waals surface area contributed by atoms with E-state index in [9.17, 15) is 0 Å². The molecule has 0 aliphatic rings. The monoisotopic (exact) mass is 207 g/mol. The van der Waals surface area contributed by atoms with Gasteiger partial charge in [0.1, 0.15) is 6.33 Å². The smallest absolute Gasteiger partial charge is 0.115 e. The fourth-order valence-corrected chi connectivity index (χ4v) is 1.54. The molecule has 1 N–H and O–H groups in total. The summed E-state index contributed by atoms with van der Waals surface area (Å²) in [5.41, 5.74) is 3.64. The van der Waals surface area contributed by atoms with E-state index in [1.807, 2.05) is 13.8 Å². The number of hydrogen-bond donors (Lipinski definition) is 1. The second kappa shape index (κ2) is 4.71. The van der Waals surface area contributed by atoms with Gasteiger partial charge in [-0.3, -0.25) is 0 Å². The predicted molar refractivity (Wildman–Crippen MR) is 63.0 cm³/mol. The van der Waals surface area contributed by atoms with E-state index in [-0.39, 0.29) is 5.54 Å². The molecule has 0 aliphatic heterocycles. The van der Waals surface area contributed by atoms with Crippen LogP contribution in [0.1, 0.15) is 37.7 Å². The van der Waals surface area contributed by atoms with Crippen LogP contribution in [0.4, 0.5) is 0 Å². The Bertz CT molecular complexity index is 306. The number of nitrogens with one attached hydrogen (secondary N) is 1. The summed E-state index contributed by atoms with van der Waals surface area (Å²) in [4.78, 5) is 8.43. The Morgan fingerprint density at radius 3 is 2.13 bits per heavy atom. The van der Waals surface area contributed by atoms with Gasteiger partial charge in [0.25, 0.3) is 0 Å². The highest BCUT2D eigenvalue weighted by Crippen LogP contribution is 2.09. The largest absolute Gasteiger partial charge is 0.312 e. The second-order valence-corrected chi connectivity index (χ2v) is 4.95. The lowest BCUT2D eigenvalue weighted by Gasteiger charge is -2.20. The van der Waals surface area contributed by atoms with Crippen molar-refractivity contribution in [2.75, 3.05) is 6.54 Å². The molecule has 0 aromatic carbocycles. The third-order valence-corrected chi connectivity index (χ3v) is 2.41. The topological polar surface area (TPSA) is 37.8 Å². The van der Waals surface area contributed by atoms with Gasteiger partial charge in [0.15, 0.2) is 0 Å². The number of nitrogens with zero attached hydrogens (tertiary/aromatic N) is 2. The highest BCUT2D eigenvalue weighted by molar-refractivity contribution is 5.22. The Kier molecular flexibility index (Phi) is 3.80. The standard InChI is InChI=1S/C12H21N3/c1-9-11(10(2)14-8-13-9)6-7-15-12(3,4)5/h8,15H,6-7H2,1-5H3. The van der Waals surface area contributed by atoms with E-state index >= 15 is 0 Å². The fraction of sp³-hybridized carbons (Fsp3) is 0.667. The summed E-state index contributed by atoms with van der Waals surface area (Å²) >= 11 is 0. The van der Waals surface area contributed by atoms with Gasteiger partial charge in [0, 0.05) is 16.9 Å². The maximum absolute atomic E-state index is 4.22. The van der Waals surface area contributed by atoms with Crippen molar-refractivity contribution in [1.82, 2.24) is 15.3 Å². The Labute approximate surface area is 92.3 Å². The lowest BCUT2D eigenvalue weighted by Crippen LogP contribution is -2.37. The molecular weight excluding hydrogens is 186 g/mol. The molecule has 0 bridgehead atoms. The zero-order valence-electron chi connectivity index (χ0n) is 10.4. The maximum Gasteiger partial charge on any atom is 0.115 e. The van der Waals surface area contributed by atoms with Gasteiger partial charge in [0.05, 0.1) is 0 Å². The van der Waals surface area contributed by atoms with Gasteiger partial charge in [-0.25, -0.2) is 9.97 Å². The van der Waals surface area contributed by atoms with Crippen LogP contribution in [-0.4, -0.2) is 22.1 Å². The number of aryl methyl sites for hydroxylation is 2. The summed E-state index contributed by atoms with van der Waals surface area (Å²) in [6.45, 7) is 11.6. The van der Waals surface area contributed by atoms with E-state index in [1.165, 1.54) is 5.56 Å². The Hall–Kier alpha value is -0.960. The first-order valence-corrected chi connectivity index (χ1v) is 5.42. The van der Waals surface area contributed by atoms with Crippen LogP contribution in [0.3, 0.4) is 0 Å². The van der Waals surface area contributed by atoms with Crippen LogP contribution in [0.15, 0.2) is 6.33 Å². The van der Waals surface area contributed by atoms with Crippen LogP contribution in [-0.2, 0) is 6.42 Å². The molecule has 0 aliphatic carbocycles. The van der Waals surface area contributed by atoms with Crippen molar-refractivity contribution in [1.29, 1.82) is 0 Å². The van der Waals surface area contributed by atoms with Crippen molar-refractivity contribution >= 4 is 0 Å². The highest BCUT2D eigenvalue weighted by atomic mass is 14.9. The quantitative estimate of drug-likeness (QED) is 0.824. The van der Waals surface area contributed by atoms with E-state index < -0.39 is 0 Å². The molecule has 0 saturated heterocycles. The molecule has 0 spiro atoms. The zero-order valence-corrected chi connectivity index (χ0v) is 10.4. The van der Waals surface area contributed by atoms with Crippen molar-refractivity contribution < 1.29 is 0 Å². The van der Waals surface area contributed by atoms with Gasteiger partial charge >= 0.3 is 0 Å². The van der Waals surface area contributed by atoms with Gasteiger partial charge < -0.3 is 5.32 Å². The molecule has 0 amide bonds. The Balaban J connectivity index is 2.58. The number of aromatic nitrogens is 2. The van der Waals surface area contributed by atoms with E-state index in [0.29, 0.717) is 0 Å². The van der Waals surface area contributed by atoms with E-state index in [0.717, 1.165) is 24.4 Å². The molecule has 84 valence electrons. The summed E-state index contributed by atoms with van der Waals surface area (Å²) < 4.78 is 0. The minimum absolute atomic E-state index is 0.178. The molecule has 1 aromatic rings. The molecule has 0 fully saturated rings. The Morgan fingerprint density at radius 1 is 1.13 bits per heavy atom. The van der Waals surface area contributed by atoms with E-state index in [4.69, 9.17) is 0 Å². The van der Waals surface area contributed by atoms with Gasteiger partial charge in [-0.15, -0.1) is 0 Å². The summed E-state index contributed by atoms with van der Waals surface area (Å²) in [7, 11) is 0. The third-order valence-electron chi connectivity index (χ3n) is 2.41. The average molecular weight is 207 g/mol. The Morgan fingerprint density at radius 2 is 1.67 bits per heavy atom. The first kappa shape index (κ1) is 12.1. The molecule has 15 heavy (non-hydrogen) atoms. The maximum atomic E-state index is 4.22. The summed E-state index contributed by atoms with van der Waals surface area (Å²) in [5.74, 6) is 0. The van der Waals surface area contributed by atoms with Crippen LogP contribution in [0.5, 0.6) is 0 Å². The van der Waals surface area contributed by atoms with Crippen molar-refractivity contribution in [3.05, 3.63) is 23.3 Å². The van der Waals surface area contributed by atoms with Crippen LogP contribution in [0.25, 0.3) is 0 Å². The van der Waals surface area contributed by atoms with E-state index in [1.54, 1.807) is 6.33 Å². The first-order chi connectivity index (χ1) is 6.90. The second-order valence-electron chi connectivity index (χ2n) is 4.95. The lowest BCUT2D eigenvalue weighted by atomic mass is 10.1. The van der Waals surface area contributed by atoms with Crippen LogP contribution < -0.4 is 5.32 Å². The van der Waals surface area contributed by atoms with Gasteiger partial charge in [-0.05, 0) is 53.1 Å². The summed E-state index contributed by atoms with van der Waals surface area (Å²) in [6.07, 6.45) is 2.63. The molecule has 0 radical (unpaired) electrons. The number of hydrogen-bond acceptors (Lipinski definition) is 3. The van der Waals surface area contributed by atoms with Crippen LogP contribution in [0.2, 0.25) is 0 Å². The predicted octanol–water partition coefficient (Wildman–Crippen LogP) is 2.02. The average Bonchev–Trinajstić information content (AvgIpc) is 2.08. The van der Waals surface area contributed by atoms with Gasteiger partial charge in [-0.2, -0.15) is 0 Å². The number of rotatable bonds is 3. The lowest BCUT2D eigenvalue weighted by molar-refractivity contribution is 0.429. The zero-order chi connectivity index (χ0) is 11.5. The molecule has 3 nitrogen and oxygen atoms in total. The first-order valence-electron chi connectivity index (χ1n) is 5.42. The van der Waals surface area contributed by atoms with Crippen molar-refractivity contribution in [2.24, 2.45) is 0 Å². The van der Waals surface area contributed by atoms with Crippen molar-refractivity contribution in [2.45, 2.75) is 46.6 Å². The minimum atomic E-state index is 0.178. The van der Waals surface area contributed by atoms with Gasteiger partial charge in [0.2, 0.25) is 0 Å². The fourth-order valence-electron chi connectivity index (χ4n) is 1.54. The normalized spacial score (nSPS) is 11.8. The van der Waals surface area contributed by atoms with Gasteiger partial charge in [-0.1, -0.05) is 0 Å². The van der Waals surface area contributed by atoms with Crippen LogP contribution in [0, 0.1) is 13.8 Å². The van der Waals surface area contributed by atoms with Crippen molar-refractivity contribution in [3.63, 3.8) is 0 Å². The van der Waals surface area contributed by atoms with Crippen molar-refractivity contribution in [3.8, 4) is 0 Å². The van der Waals surface area contributed by atoms with E-state index in [2.05, 4.69) is 36.1 Å². The molecule has 0 unspecified atom stereocenters. The molecule has 0 saturated carbocycles. The van der Waals surface area contributed by atoms with Crippen LogP contribution >= 0.6 is 0 Å². The SMILES string of the molecule is Cc1ncnc(C)c1CCNC(C)(C)C. The minimum Gasteiger partial charge on any atom is -0.312 e.